The SMILES string of the molecule is [C-]#[N+]c1ccc(CCN=C(N)NCCc2ccc(C#N)cc2)cc1. The summed E-state index contributed by atoms with van der Waals surface area (Å²) in [7, 11) is 0. The molecule has 120 valence electrons. The van der Waals surface area contributed by atoms with E-state index in [9.17, 15) is 0 Å². The van der Waals surface area contributed by atoms with Crippen molar-refractivity contribution >= 4 is 11.6 Å². The first-order valence-electron chi connectivity index (χ1n) is 7.70. The molecule has 24 heavy (non-hydrogen) atoms. The number of nitriles is 1. The molecule has 0 spiro atoms. The number of hydrogen-bond donors (Lipinski definition) is 2. The average molecular weight is 317 g/mol. The molecule has 0 bridgehead atoms. The van der Waals surface area contributed by atoms with E-state index in [1.807, 2.05) is 48.5 Å². The molecule has 0 aliphatic carbocycles. The fourth-order valence-electron chi connectivity index (χ4n) is 2.18. The largest absolute Gasteiger partial charge is 0.370 e. The lowest BCUT2D eigenvalue weighted by Crippen LogP contribution is -2.33. The van der Waals surface area contributed by atoms with Crippen LogP contribution in [0.2, 0.25) is 0 Å². The van der Waals surface area contributed by atoms with Gasteiger partial charge in [-0.25, -0.2) is 4.85 Å². The number of nitrogens with zero attached hydrogens (tertiary/aromatic N) is 3. The normalized spacial score (nSPS) is 10.7. The van der Waals surface area contributed by atoms with Gasteiger partial charge in [0.15, 0.2) is 11.6 Å². The second-order valence-corrected chi connectivity index (χ2v) is 5.28. The smallest absolute Gasteiger partial charge is 0.188 e. The molecule has 0 radical (unpaired) electrons. The molecule has 0 unspecified atom stereocenters. The van der Waals surface area contributed by atoms with Gasteiger partial charge in [-0.2, -0.15) is 5.26 Å². The predicted octanol–water partition coefficient (Wildman–Crippen LogP) is 2.80. The molecule has 2 aromatic rings. The van der Waals surface area contributed by atoms with E-state index in [4.69, 9.17) is 17.6 Å². The van der Waals surface area contributed by atoms with Gasteiger partial charge in [0, 0.05) is 13.1 Å². The Bertz CT molecular complexity index is 761. The van der Waals surface area contributed by atoms with Gasteiger partial charge >= 0.3 is 0 Å². The summed E-state index contributed by atoms with van der Waals surface area (Å²) in [5.74, 6) is 0.432. The lowest BCUT2D eigenvalue weighted by molar-refractivity contribution is 0.844. The molecule has 0 saturated carbocycles. The van der Waals surface area contributed by atoms with Crippen LogP contribution in [0.5, 0.6) is 0 Å². The summed E-state index contributed by atoms with van der Waals surface area (Å²) in [5.41, 5.74) is 9.44. The Balaban J connectivity index is 1.71. The third kappa shape index (κ3) is 5.47. The second kappa shape index (κ2) is 8.97. The van der Waals surface area contributed by atoms with Crippen LogP contribution in [0.3, 0.4) is 0 Å². The number of guanidine groups is 1. The predicted molar refractivity (Wildman–Crippen MR) is 95.8 cm³/mol. The minimum Gasteiger partial charge on any atom is -0.370 e. The molecule has 3 N–H and O–H groups in total. The summed E-state index contributed by atoms with van der Waals surface area (Å²) in [6, 6.07) is 17.1. The fraction of sp³-hybridized carbons (Fsp3) is 0.211. The molecule has 0 amide bonds. The van der Waals surface area contributed by atoms with Gasteiger partial charge in [-0.3, -0.25) is 4.99 Å². The second-order valence-electron chi connectivity index (χ2n) is 5.28. The van der Waals surface area contributed by atoms with Crippen LogP contribution < -0.4 is 11.1 Å². The molecule has 2 aromatic carbocycles. The van der Waals surface area contributed by atoms with Crippen LogP contribution in [0, 0.1) is 17.9 Å². The maximum Gasteiger partial charge on any atom is 0.188 e. The van der Waals surface area contributed by atoms with E-state index >= 15 is 0 Å². The third-order valence-electron chi connectivity index (χ3n) is 3.55. The van der Waals surface area contributed by atoms with Gasteiger partial charge in [0.1, 0.15) is 0 Å². The number of aliphatic imine (C=N–C) groups is 1. The molecule has 5 nitrogen and oxygen atoms in total. The first kappa shape index (κ1) is 17.1. The third-order valence-corrected chi connectivity index (χ3v) is 3.55. The molecule has 5 heteroatoms. The van der Waals surface area contributed by atoms with Gasteiger partial charge < -0.3 is 11.1 Å². The van der Waals surface area contributed by atoms with Crippen molar-refractivity contribution < 1.29 is 0 Å². The van der Waals surface area contributed by atoms with Gasteiger partial charge in [0.05, 0.1) is 18.2 Å². The zero-order valence-electron chi connectivity index (χ0n) is 13.4. The van der Waals surface area contributed by atoms with Crippen LogP contribution in [0.15, 0.2) is 53.5 Å². The molecule has 0 aromatic heterocycles. The maximum atomic E-state index is 8.76. The highest BCUT2D eigenvalue weighted by Crippen LogP contribution is 2.12. The molecule has 0 saturated heterocycles. The molecule has 2 rings (SSSR count). The van der Waals surface area contributed by atoms with Crippen molar-refractivity contribution in [2.45, 2.75) is 12.8 Å². The Labute approximate surface area is 142 Å². The molecular weight excluding hydrogens is 298 g/mol. The van der Waals surface area contributed by atoms with Gasteiger partial charge in [-0.15, -0.1) is 0 Å². The van der Waals surface area contributed by atoms with E-state index in [0.29, 0.717) is 30.3 Å². The average Bonchev–Trinajstić information content (AvgIpc) is 2.63. The molecule has 0 aliphatic rings. The molecule has 0 atom stereocenters. The van der Waals surface area contributed by atoms with Crippen LogP contribution in [0.25, 0.3) is 4.85 Å². The van der Waals surface area contributed by atoms with Crippen molar-refractivity contribution in [1.29, 1.82) is 5.26 Å². The Morgan fingerprint density at radius 1 is 1.08 bits per heavy atom. The van der Waals surface area contributed by atoms with Crippen LogP contribution >= 0.6 is 0 Å². The van der Waals surface area contributed by atoms with E-state index in [-0.39, 0.29) is 0 Å². The summed E-state index contributed by atoms with van der Waals surface area (Å²) < 4.78 is 0. The Morgan fingerprint density at radius 2 is 1.71 bits per heavy atom. The summed E-state index contributed by atoms with van der Waals surface area (Å²) in [6.07, 6.45) is 1.61. The van der Waals surface area contributed by atoms with Gasteiger partial charge in [0.2, 0.25) is 0 Å². The van der Waals surface area contributed by atoms with E-state index in [2.05, 4.69) is 21.2 Å². The standard InChI is InChI=1S/C19H19N5/c1-22-18-8-6-16(7-9-18)11-13-24-19(21)23-12-10-15-2-4-17(14-20)5-3-15/h2-9H,10-13H2,(H3,21,23,24). The van der Waals surface area contributed by atoms with E-state index in [1.54, 1.807) is 0 Å². The van der Waals surface area contributed by atoms with Crippen molar-refractivity contribution in [2.75, 3.05) is 13.1 Å². The van der Waals surface area contributed by atoms with E-state index in [0.717, 1.165) is 24.0 Å². The summed E-state index contributed by atoms with van der Waals surface area (Å²) in [6.45, 7) is 8.22. The summed E-state index contributed by atoms with van der Waals surface area (Å²) in [5, 5.41) is 11.8. The quantitative estimate of drug-likeness (QED) is 0.488. The van der Waals surface area contributed by atoms with Crippen molar-refractivity contribution in [1.82, 2.24) is 5.32 Å². The van der Waals surface area contributed by atoms with Crippen LogP contribution in [-0.2, 0) is 12.8 Å². The fourth-order valence-corrected chi connectivity index (χ4v) is 2.18. The maximum absolute atomic E-state index is 8.76. The highest BCUT2D eigenvalue weighted by Gasteiger charge is 1.97. The minimum atomic E-state index is 0.432. The Kier molecular flexibility index (Phi) is 6.37. The lowest BCUT2D eigenvalue weighted by Gasteiger charge is -2.06. The van der Waals surface area contributed by atoms with E-state index < -0.39 is 0 Å². The van der Waals surface area contributed by atoms with Crippen molar-refractivity contribution in [3.05, 3.63) is 76.6 Å². The summed E-state index contributed by atoms with van der Waals surface area (Å²) in [4.78, 5) is 7.67. The van der Waals surface area contributed by atoms with Crippen molar-refractivity contribution in [3.8, 4) is 6.07 Å². The lowest BCUT2D eigenvalue weighted by atomic mass is 10.1. The Hall–Kier alpha value is -3.31. The van der Waals surface area contributed by atoms with Crippen LogP contribution in [-0.4, -0.2) is 19.0 Å². The van der Waals surface area contributed by atoms with Crippen molar-refractivity contribution in [3.63, 3.8) is 0 Å². The highest BCUT2D eigenvalue weighted by atomic mass is 15.1. The highest BCUT2D eigenvalue weighted by molar-refractivity contribution is 5.77. The molecule has 0 heterocycles. The molecular formula is C19H19N5. The zero-order valence-corrected chi connectivity index (χ0v) is 13.4. The van der Waals surface area contributed by atoms with Crippen LogP contribution in [0.4, 0.5) is 5.69 Å². The molecule has 0 fully saturated rings. The minimum absolute atomic E-state index is 0.432. The number of nitrogens with one attached hydrogen (secondary N) is 1. The monoisotopic (exact) mass is 317 g/mol. The number of rotatable bonds is 6. The Morgan fingerprint density at radius 3 is 2.33 bits per heavy atom. The zero-order chi connectivity index (χ0) is 17.2. The number of hydrogen-bond acceptors (Lipinski definition) is 2. The summed E-state index contributed by atoms with van der Waals surface area (Å²) >= 11 is 0. The number of benzene rings is 2. The first-order valence-corrected chi connectivity index (χ1v) is 7.70. The molecule has 0 aliphatic heterocycles. The topological polar surface area (TPSA) is 78.6 Å². The van der Waals surface area contributed by atoms with Gasteiger partial charge in [-0.1, -0.05) is 36.4 Å². The number of nitrogens with two attached hydrogens (primary N) is 1. The van der Waals surface area contributed by atoms with Crippen molar-refractivity contribution in [2.24, 2.45) is 10.7 Å². The van der Waals surface area contributed by atoms with Gasteiger partial charge in [0.25, 0.3) is 0 Å². The van der Waals surface area contributed by atoms with Gasteiger partial charge in [-0.05, 0) is 36.1 Å². The van der Waals surface area contributed by atoms with Crippen LogP contribution in [0.1, 0.15) is 16.7 Å². The van der Waals surface area contributed by atoms with E-state index in [1.165, 1.54) is 0 Å². The first-order chi connectivity index (χ1) is 11.7.